The lowest BCUT2D eigenvalue weighted by molar-refractivity contribution is 0.0522. The van der Waals surface area contributed by atoms with Crippen LogP contribution in [0.2, 0.25) is 0 Å². The molecule has 0 radical (unpaired) electrons. The summed E-state index contributed by atoms with van der Waals surface area (Å²) in [4.78, 5) is 5.23. The smallest absolute Gasteiger partial charge is 0.0226 e. The van der Waals surface area contributed by atoms with Crippen LogP contribution in [-0.4, -0.2) is 61.2 Å². The van der Waals surface area contributed by atoms with Crippen molar-refractivity contribution < 1.29 is 0 Å². The second kappa shape index (κ2) is 5.10. The van der Waals surface area contributed by atoms with Crippen LogP contribution in [0, 0.1) is 11.8 Å². The van der Waals surface area contributed by atoms with Crippen LogP contribution in [0.15, 0.2) is 0 Å². The van der Waals surface area contributed by atoms with Gasteiger partial charge in [0.15, 0.2) is 0 Å². The molecule has 3 fully saturated rings. The van der Waals surface area contributed by atoms with E-state index in [1.807, 2.05) is 0 Å². The van der Waals surface area contributed by atoms with Crippen LogP contribution in [0.5, 0.6) is 0 Å². The summed E-state index contributed by atoms with van der Waals surface area (Å²) in [6.45, 7) is 9.79. The predicted molar refractivity (Wildman–Crippen MR) is 75.7 cm³/mol. The second-order valence-corrected chi connectivity index (χ2v) is 6.95. The molecule has 3 rings (SSSR count). The van der Waals surface area contributed by atoms with E-state index >= 15 is 0 Å². The first kappa shape index (κ1) is 12.9. The van der Waals surface area contributed by atoms with Gasteiger partial charge in [-0.2, -0.15) is 0 Å². The molecule has 0 aromatic rings. The van der Waals surface area contributed by atoms with Crippen molar-refractivity contribution in [1.82, 2.24) is 15.1 Å². The Hall–Kier alpha value is -0.120. The van der Waals surface area contributed by atoms with Gasteiger partial charge in [0.1, 0.15) is 0 Å². The van der Waals surface area contributed by atoms with Crippen molar-refractivity contribution in [3.63, 3.8) is 0 Å². The molecule has 1 aliphatic carbocycles. The van der Waals surface area contributed by atoms with Crippen molar-refractivity contribution in [3.8, 4) is 0 Å². The van der Waals surface area contributed by atoms with Crippen molar-refractivity contribution in [3.05, 3.63) is 0 Å². The van der Waals surface area contributed by atoms with E-state index in [1.54, 1.807) is 0 Å². The van der Waals surface area contributed by atoms with E-state index in [0.717, 1.165) is 17.9 Å². The molecule has 2 saturated heterocycles. The number of rotatable bonds is 2. The first-order valence-electron chi connectivity index (χ1n) is 7.83. The highest BCUT2D eigenvalue weighted by Crippen LogP contribution is 2.38. The lowest BCUT2D eigenvalue weighted by Gasteiger charge is -2.43. The molecule has 2 heterocycles. The first-order chi connectivity index (χ1) is 8.65. The van der Waals surface area contributed by atoms with Crippen LogP contribution < -0.4 is 5.32 Å². The Morgan fingerprint density at radius 1 is 1.11 bits per heavy atom. The molecule has 2 aliphatic heterocycles. The van der Waals surface area contributed by atoms with Crippen molar-refractivity contribution in [2.75, 3.05) is 33.2 Å². The maximum atomic E-state index is 3.79. The Bertz CT molecular complexity index is 281. The number of fused-ring (bicyclic) bond motifs is 1. The summed E-state index contributed by atoms with van der Waals surface area (Å²) in [5.41, 5.74) is 0. The third-order valence-corrected chi connectivity index (χ3v) is 5.77. The van der Waals surface area contributed by atoms with Gasteiger partial charge in [0.05, 0.1) is 0 Å². The molecule has 0 spiro atoms. The van der Waals surface area contributed by atoms with Crippen LogP contribution >= 0.6 is 0 Å². The molecule has 0 bridgehead atoms. The molecular formula is C15H29N3. The second-order valence-electron chi connectivity index (χ2n) is 6.95. The molecule has 0 aromatic heterocycles. The largest absolute Gasteiger partial charge is 0.312 e. The summed E-state index contributed by atoms with van der Waals surface area (Å²) in [6, 6.07) is 2.18. The Morgan fingerprint density at radius 2 is 1.83 bits per heavy atom. The van der Waals surface area contributed by atoms with Crippen molar-refractivity contribution in [2.45, 2.75) is 51.2 Å². The van der Waals surface area contributed by atoms with Gasteiger partial charge in [-0.25, -0.2) is 0 Å². The SMILES string of the molecule is CC1CN(CC2NCC3CCCC32)CC(C)N1C. The van der Waals surface area contributed by atoms with E-state index in [1.165, 1.54) is 45.4 Å². The molecule has 3 aliphatic rings. The molecule has 104 valence electrons. The van der Waals surface area contributed by atoms with E-state index in [2.05, 4.69) is 36.0 Å². The molecule has 3 heteroatoms. The molecule has 3 nitrogen and oxygen atoms in total. The van der Waals surface area contributed by atoms with Gasteiger partial charge in [0.2, 0.25) is 0 Å². The zero-order valence-corrected chi connectivity index (χ0v) is 12.2. The minimum Gasteiger partial charge on any atom is -0.312 e. The normalized spacial score (nSPS) is 46.5. The minimum absolute atomic E-state index is 0.703. The summed E-state index contributed by atoms with van der Waals surface area (Å²) >= 11 is 0. The number of hydrogen-bond donors (Lipinski definition) is 1. The molecule has 1 N–H and O–H groups in total. The molecule has 18 heavy (non-hydrogen) atoms. The Balaban J connectivity index is 1.57. The molecule has 0 amide bonds. The van der Waals surface area contributed by atoms with E-state index < -0.39 is 0 Å². The van der Waals surface area contributed by atoms with Gasteiger partial charge in [-0.05, 0) is 52.1 Å². The number of hydrogen-bond acceptors (Lipinski definition) is 3. The Labute approximate surface area is 112 Å². The van der Waals surface area contributed by atoms with Crippen LogP contribution in [0.25, 0.3) is 0 Å². The number of nitrogens with zero attached hydrogens (tertiary/aromatic N) is 2. The molecule has 5 unspecified atom stereocenters. The van der Waals surface area contributed by atoms with Crippen LogP contribution in [0.4, 0.5) is 0 Å². The van der Waals surface area contributed by atoms with Crippen molar-refractivity contribution in [2.24, 2.45) is 11.8 Å². The zero-order chi connectivity index (χ0) is 12.7. The van der Waals surface area contributed by atoms with E-state index in [4.69, 9.17) is 0 Å². The Kier molecular flexibility index (Phi) is 3.65. The molecular weight excluding hydrogens is 222 g/mol. The third kappa shape index (κ3) is 2.33. The number of piperazine rings is 1. The third-order valence-electron chi connectivity index (χ3n) is 5.77. The van der Waals surface area contributed by atoms with Gasteiger partial charge in [-0.1, -0.05) is 6.42 Å². The molecule has 0 aromatic carbocycles. The highest BCUT2D eigenvalue weighted by atomic mass is 15.3. The highest BCUT2D eigenvalue weighted by molar-refractivity contribution is 4.96. The van der Waals surface area contributed by atoms with Crippen molar-refractivity contribution in [1.29, 1.82) is 0 Å². The van der Waals surface area contributed by atoms with Crippen LogP contribution in [0.3, 0.4) is 0 Å². The summed E-state index contributed by atoms with van der Waals surface area (Å²) < 4.78 is 0. The number of likely N-dealkylation sites (N-methyl/N-ethyl adjacent to an activating group) is 1. The van der Waals surface area contributed by atoms with Gasteiger partial charge < -0.3 is 5.32 Å². The predicted octanol–water partition coefficient (Wildman–Crippen LogP) is 1.40. The van der Waals surface area contributed by atoms with Gasteiger partial charge in [0.25, 0.3) is 0 Å². The van der Waals surface area contributed by atoms with Gasteiger partial charge in [-0.15, -0.1) is 0 Å². The van der Waals surface area contributed by atoms with Gasteiger partial charge >= 0.3 is 0 Å². The average Bonchev–Trinajstić information content (AvgIpc) is 2.91. The fourth-order valence-corrected chi connectivity index (χ4v) is 4.44. The summed E-state index contributed by atoms with van der Waals surface area (Å²) in [5.74, 6) is 1.98. The summed E-state index contributed by atoms with van der Waals surface area (Å²) in [6.07, 6.45) is 4.42. The summed E-state index contributed by atoms with van der Waals surface area (Å²) in [5, 5.41) is 3.79. The minimum atomic E-state index is 0.703. The van der Waals surface area contributed by atoms with E-state index in [0.29, 0.717) is 12.1 Å². The van der Waals surface area contributed by atoms with Crippen molar-refractivity contribution >= 4 is 0 Å². The Morgan fingerprint density at radius 3 is 2.56 bits per heavy atom. The molecule has 5 atom stereocenters. The van der Waals surface area contributed by atoms with E-state index in [9.17, 15) is 0 Å². The lowest BCUT2D eigenvalue weighted by atomic mass is 9.93. The molecule has 1 saturated carbocycles. The monoisotopic (exact) mass is 251 g/mol. The zero-order valence-electron chi connectivity index (χ0n) is 12.2. The topological polar surface area (TPSA) is 18.5 Å². The highest BCUT2D eigenvalue weighted by Gasteiger charge is 2.40. The first-order valence-corrected chi connectivity index (χ1v) is 7.83. The fourth-order valence-electron chi connectivity index (χ4n) is 4.44. The maximum absolute atomic E-state index is 3.79. The van der Waals surface area contributed by atoms with Crippen LogP contribution in [0.1, 0.15) is 33.1 Å². The van der Waals surface area contributed by atoms with Crippen LogP contribution in [-0.2, 0) is 0 Å². The fraction of sp³-hybridized carbons (Fsp3) is 1.00. The summed E-state index contributed by atoms with van der Waals surface area (Å²) in [7, 11) is 2.27. The van der Waals surface area contributed by atoms with E-state index in [-0.39, 0.29) is 0 Å². The standard InChI is InChI=1S/C15H29N3/c1-11-8-18(9-12(2)17(11)3)10-15-14-6-4-5-13(14)7-16-15/h11-16H,4-10H2,1-3H3. The van der Waals surface area contributed by atoms with Gasteiger partial charge in [0, 0.05) is 37.8 Å². The van der Waals surface area contributed by atoms with Gasteiger partial charge in [-0.3, -0.25) is 9.80 Å². The maximum Gasteiger partial charge on any atom is 0.0226 e. The lowest BCUT2D eigenvalue weighted by Crippen LogP contribution is -2.57. The number of nitrogens with one attached hydrogen (secondary N) is 1. The average molecular weight is 251 g/mol. The quantitative estimate of drug-likeness (QED) is 0.800.